The number of nitrogens with one attached hydrogen (secondary N) is 1. The van der Waals surface area contributed by atoms with Crippen LogP contribution in [0.25, 0.3) is 0 Å². The Labute approximate surface area is 117 Å². The van der Waals surface area contributed by atoms with Crippen LogP contribution in [0, 0.1) is 5.92 Å². The molecule has 0 aromatic heterocycles. The van der Waals surface area contributed by atoms with Gasteiger partial charge in [0.05, 0.1) is 5.02 Å². The number of hydrogen-bond acceptors (Lipinski definition) is 1. The molecular formula is C14H19BrClN. The number of benzene rings is 1. The van der Waals surface area contributed by atoms with Crippen molar-refractivity contribution in [2.24, 2.45) is 5.92 Å². The van der Waals surface area contributed by atoms with Crippen molar-refractivity contribution in [3.8, 4) is 0 Å². The monoisotopic (exact) mass is 315 g/mol. The van der Waals surface area contributed by atoms with E-state index in [1.807, 2.05) is 12.1 Å². The second-order valence-corrected chi connectivity index (χ2v) is 6.35. The normalized spacial score (nSPS) is 25.4. The van der Waals surface area contributed by atoms with Gasteiger partial charge in [-0.05, 0) is 59.3 Å². The predicted molar refractivity (Wildman–Crippen MR) is 78.8 cm³/mol. The van der Waals surface area contributed by atoms with Gasteiger partial charge in [0.25, 0.3) is 0 Å². The van der Waals surface area contributed by atoms with Crippen LogP contribution < -0.4 is 5.32 Å². The molecule has 2 unspecified atom stereocenters. The maximum absolute atomic E-state index is 6.10. The SMILES string of the molecule is CC1CCCC(Nc2ccc(Br)c(Cl)c2)CC1. The molecule has 3 heteroatoms. The number of halogens is 2. The molecule has 94 valence electrons. The molecule has 1 aromatic carbocycles. The van der Waals surface area contributed by atoms with Crippen molar-refractivity contribution in [3.63, 3.8) is 0 Å². The fourth-order valence-corrected chi connectivity index (χ4v) is 2.88. The number of rotatable bonds is 2. The van der Waals surface area contributed by atoms with Gasteiger partial charge >= 0.3 is 0 Å². The molecule has 0 amide bonds. The molecular weight excluding hydrogens is 298 g/mol. The van der Waals surface area contributed by atoms with Crippen LogP contribution in [0.3, 0.4) is 0 Å². The quantitative estimate of drug-likeness (QED) is 0.712. The minimum absolute atomic E-state index is 0.609. The van der Waals surface area contributed by atoms with Crippen molar-refractivity contribution in [3.05, 3.63) is 27.7 Å². The first kappa shape index (κ1) is 13.2. The molecule has 0 radical (unpaired) electrons. The van der Waals surface area contributed by atoms with Gasteiger partial charge in [0.1, 0.15) is 0 Å². The predicted octanol–water partition coefficient (Wildman–Crippen LogP) is 5.48. The third-order valence-corrected chi connectivity index (χ3v) is 4.78. The van der Waals surface area contributed by atoms with Crippen molar-refractivity contribution >= 4 is 33.2 Å². The van der Waals surface area contributed by atoms with Gasteiger partial charge < -0.3 is 5.32 Å². The average molecular weight is 317 g/mol. The molecule has 1 N–H and O–H groups in total. The Morgan fingerprint density at radius 1 is 1.24 bits per heavy atom. The van der Waals surface area contributed by atoms with Crippen molar-refractivity contribution in [1.82, 2.24) is 0 Å². The molecule has 1 fully saturated rings. The molecule has 1 aromatic rings. The molecule has 2 atom stereocenters. The van der Waals surface area contributed by atoms with Crippen molar-refractivity contribution in [1.29, 1.82) is 0 Å². The van der Waals surface area contributed by atoms with E-state index >= 15 is 0 Å². The molecule has 0 heterocycles. The molecule has 1 nitrogen and oxygen atoms in total. The van der Waals surface area contributed by atoms with E-state index in [2.05, 4.69) is 34.2 Å². The Morgan fingerprint density at radius 3 is 2.82 bits per heavy atom. The van der Waals surface area contributed by atoms with Gasteiger partial charge in [-0.1, -0.05) is 31.4 Å². The summed E-state index contributed by atoms with van der Waals surface area (Å²) in [5, 5.41) is 4.38. The molecule has 17 heavy (non-hydrogen) atoms. The smallest absolute Gasteiger partial charge is 0.0568 e. The van der Waals surface area contributed by atoms with E-state index in [0.717, 1.165) is 21.1 Å². The first-order valence-corrected chi connectivity index (χ1v) is 7.54. The highest BCUT2D eigenvalue weighted by Crippen LogP contribution is 2.28. The van der Waals surface area contributed by atoms with Crippen molar-refractivity contribution < 1.29 is 0 Å². The lowest BCUT2D eigenvalue weighted by atomic mass is 10.0. The van der Waals surface area contributed by atoms with Gasteiger partial charge in [-0.25, -0.2) is 0 Å². The fourth-order valence-electron chi connectivity index (χ4n) is 2.45. The largest absolute Gasteiger partial charge is 0.382 e. The highest BCUT2D eigenvalue weighted by molar-refractivity contribution is 9.10. The van der Waals surface area contributed by atoms with Gasteiger partial charge in [0, 0.05) is 16.2 Å². The summed E-state index contributed by atoms with van der Waals surface area (Å²) in [5.74, 6) is 0.885. The second kappa shape index (κ2) is 6.10. The third-order valence-electron chi connectivity index (χ3n) is 3.55. The van der Waals surface area contributed by atoms with E-state index < -0.39 is 0 Å². The summed E-state index contributed by atoms with van der Waals surface area (Å²) in [6.45, 7) is 2.36. The van der Waals surface area contributed by atoms with Crippen LogP contribution in [0.5, 0.6) is 0 Å². The summed E-state index contributed by atoms with van der Waals surface area (Å²) in [6, 6.07) is 6.70. The van der Waals surface area contributed by atoms with Crippen LogP contribution in [0.1, 0.15) is 39.0 Å². The lowest BCUT2D eigenvalue weighted by Gasteiger charge is -2.18. The van der Waals surface area contributed by atoms with Crippen LogP contribution in [0.4, 0.5) is 5.69 Å². The minimum Gasteiger partial charge on any atom is -0.382 e. The summed E-state index contributed by atoms with van der Waals surface area (Å²) in [7, 11) is 0. The summed E-state index contributed by atoms with van der Waals surface area (Å²) in [4.78, 5) is 0. The Morgan fingerprint density at radius 2 is 2.06 bits per heavy atom. The van der Waals surface area contributed by atoms with Gasteiger partial charge in [0.2, 0.25) is 0 Å². The molecule has 2 rings (SSSR count). The Bertz CT molecular complexity index is 380. The van der Waals surface area contributed by atoms with Crippen molar-refractivity contribution in [2.75, 3.05) is 5.32 Å². The molecule has 0 spiro atoms. The molecule has 0 saturated heterocycles. The zero-order chi connectivity index (χ0) is 12.3. The second-order valence-electron chi connectivity index (χ2n) is 5.08. The lowest BCUT2D eigenvalue weighted by Crippen LogP contribution is -2.18. The number of hydrogen-bond donors (Lipinski definition) is 1. The Hall–Kier alpha value is -0.210. The van der Waals surface area contributed by atoms with E-state index in [1.54, 1.807) is 0 Å². The molecule has 0 bridgehead atoms. The first-order valence-electron chi connectivity index (χ1n) is 6.37. The highest BCUT2D eigenvalue weighted by Gasteiger charge is 2.16. The maximum atomic E-state index is 6.10. The summed E-state index contributed by atoms with van der Waals surface area (Å²) in [6.07, 6.45) is 6.59. The van der Waals surface area contributed by atoms with Gasteiger partial charge in [-0.2, -0.15) is 0 Å². The fraction of sp³-hybridized carbons (Fsp3) is 0.571. The zero-order valence-electron chi connectivity index (χ0n) is 10.2. The average Bonchev–Trinajstić information content (AvgIpc) is 2.49. The number of anilines is 1. The lowest BCUT2D eigenvalue weighted by molar-refractivity contribution is 0.502. The van der Waals surface area contributed by atoms with E-state index in [0.29, 0.717) is 6.04 Å². The van der Waals surface area contributed by atoms with Crippen LogP contribution >= 0.6 is 27.5 Å². The van der Waals surface area contributed by atoms with Crippen molar-refractivity contribution in [2.45, 2.75) is 45.1 Å². The maximum Gasteiger partial charge on any atom is 0.0568 e. The third kappa shape index (κ3) is 3.89. The summed E-state index contributed by atoms with van der Waals surface area (Å²) >= 11 is 9.52. The minimum atomic E-state index is 0.609. The molecule has 0 aliphatic heterocycles. The van der Waals surface area contributed by atoms with E-state index in [-0.39, 0.29) is 0 Å². The first-order chi connectivity index (χ1) is 8.15. The highest BCUT2D eigenvalue weighted by atomic mass is 79.9. The zero-order valence-corrected chi connectivity index (χ0v) is 12.5. The summed E-state index contributed by atoms with van der Waals surface area (Å²) in [5.41, 5.74) is 1.14. The molecule has 1 aliphatic carbocycles. The van der Waals surface area contributed by atoms with Crippen LogP contribution in [0.15, 0.2) is 22.7 Å². The van der Waals surface area contributed by atoms with Crippen LogP contribution in [-0.4, -0.2) is 6.04 Å². The molecule has 1 aliphatic rings. The Kier molecular flexibility index (Phi) is 4.75. The summed E-state index contributed by atoms with van der Waals surface area (Å²) < 4.78 is 0.958. The topological polar surface area (TPSA) is 12.0 Å². The van der Waals surface area contributed by atoms with Gasteiger partial charge in [-0.15, -0.1) is 0 Å². The van der Waals surface area contributed by atoms with E-state index in [1.165, 1.54) is 32.1 Å². The Balaban J connectivity index is 1.97. The van der Waals surface area contributed by atoms with Gasteiger partial charge in [-0.3, -0.25) is 0 Å². The standard InChI is InChI=1S/C14H19BrClN/c1-10-3-2-4-11(6-5-10)17-12-7-8-13(15)14(16)9-12/h7-11,17H,2-6H2,1H3. The molecule has 1 saturated carbocycles. The van der Waals surface area contributed by atoms with Crippen LogP contribution in [-0.2, 0) is 0 Å². The van der Waals surface area contributed by atoms with E-state index in [4.69, 9.17) is 11.6 Å². The van der Waals surface area contributed by atoms with E-state index in [9.17, 15) is 0 Å². The van der Waals surface area contributed by atoms with Gasteiger partial charge in [0.15, 0.2) is 0 Å². The van der Waals surface area contributed by atoms with Crippen LogP contribution in [0.2, 0.25) is 5.02 Å².